The van der Waals surface area contributed by atoms with Gasteiger partial charge in [-0.3, -0.25) is 0 Å². The molecule has 21 heavy (non-hydrogen) atoms. The van der Waals surface area contributed by atoms with Crippen LogP contribution in [0.1, 0.15) is 78.6 Å². The molecule has 4 aliphatic rings. The van der Waals surface area contributed by atoms with Crippen molar-refractivity contribution >= 4 is 0 Å². The molecule has 0 aromatic heterocycles. The fourth-order valence-electron chi connectivity index (χ4n) is 6.89. The maximum absolute atomic E-state index is 2.73. The molecule has 0 amide bonds. The highest BCUT2D eigenvalue weighted by molar-refractivity contribution is 5.33. The van der Waals surface area contributed by atoms with Gasteiger partial charge in [-0.2, -0.15) is 0 Å². The summed E-state index contributed by atoms with van der Waals surface area (Å²) in [5, 5.41) is 0. The summed E-state index contributed by atoms with van der Waals surface area (Å²) in [6.45, 7) is 7.47. The first-order valence-corrected chi connectivity index (χ1v) is 9.46. The van der Waals surface area contributed by atoms with Crippen molar-refractivity contribution in [2.24, 2.45) is 28.6 Å². The highest BCUT2D eigenvalue weighted by Gasteiger charge is 2.54. The highest BCUT2D eigenvalue weighted by Crippen LogP contribution is 2.65. The molecule has 0 bridgehead atoms. The number of allylic oxidation sites excluding steroid dienone is 4. The van der Waals surface area contributed by atoms with E-state index in [1.54, 1.807) is 5.57 Å². The second-order valence-electron chi connectivity index (χ2n) is 8.78. The Morgan fingerprint density at radius 3 is 2.71 bits per heavy atom. The van der Waals surface area contributed by atoms with E-state index in [-0.39, 0.29) is 0 Å². The maximum atomic E-state index is 2.73. The third-order valence-electron chi connectivity index (χ3n) is 8.14. The lowest BCUT2D eigenvalue weighted by molar-refractivity contribution is 0.0511. The molecule has 5 unspecified atom stereocenters. The normalized spacial score (nSPS) is 51.1. The Bertz CT molecular complexity index is 496. The van der Waals surface area contributed by atoms with Gasteiger partial charge in [-0.25, -0.2) is 0 Å². The number of hydrogen-bond donors (Lipinski definition) is 0. The zero-order chi connectivity index (χ0) is 14.7. The van der Waals surface area contributed by atoms with Crippen LogP contribution in [0.5, 0.6) is 0 Å². The molecule has 0 radical (unpaired) electrons. The lowest BCUT2D eigenvalue weighted by atomic mass is 9.49. The quantitative estimate of drug-likeness (QED) is 0.459. The largest absolute Gasteiger partial charge is 0.0879 e. The molecular formula is C21H32. The van der Waals surface area contributed by atoms with Crippen molar-refractivity contribution < 1.29 is 0 Å². The summed E-state index contributed by atoms with van der Waals surface area (Å²) in [6, 6.07) is 0. The number of fused-ring (bicyclic) bond motifs is 5. The zero-order valence-electron chi connectivity index (χ0n) is 14.3. The summed E-state index contributed by atoms with van der Waals surface area (Å²) >= 11 is 0. The van der Waals surface area contributed by atoms with Crippen LogP contribution in [0.2, 0.25) is 0 Å². The molecule has 4 aliphatic carbocycles. The topological polar surface area (TPSA) is 0 Å². The average molecular weight is 284 g/mol. The molecule has 0 heterocycles. The predicted molar refractivity (Wildman–Crippen MR) is 90.1 cm³/mol. The van der Waals surface area contributed by atoms with E-state index in [0.717, 1.165) is 17.8 Å². The standard InChI is InChI=1S/C21H32/c1-4-15-9-11-18-17-10-8-16-7-5-6-13-20(16,2)19(17)12-14-21(15,18)3/h4,12,16-18H,5-11,13-14H2,1-3H3/b15-4-. The smallest absolute Gasteiger partial charge is 0.00479 e. The van der Waals surface area contributed by atoms with Crippen LogP contribution in [-0.4, -0.2) is 0 Å². The first-order chi connectivity index (χ1) is 10.1. The second kappa shape index (κ2) is 4.74. The van der Waals surface area contributed by atoms with E-state index in [1.165, 1.54) is 57.8 Å². The molecule has 116 valence electrons. The Hall–Kier alpha value is -0.520. The molecule has 0 heteroatoms. The number of hydrogen-bond acceptors (Lipinski definition) is 0. The van der Waals surface area contributed by atoms with Gasteiger partial charge in [0.25, 0.3) is 0 Å². The van der Waals surface area contributed by atoms with Gasteiger partial charge in [0.15, 0.2) is 0 Å². The van der Waals surface area contributed by atoms with Gasteiger partial charge in [0.1, 0.15) is 0 Å². The van der Waals surface area contributed by atoms with Gasteiger partial charge in [-0.15, -0.1) is 0 Å². The van der Waals surface area contributed by atoms with Gasteiger partial charge in [-0.05, 0) is 80.5 Å². The van der Waals surface area contributed by atoms with E-state index in [0.29, 0.717) is 10.8 Å². The molecule has 5 atom stereocenters. The fraction of sp³-hybridized carbons (Fsp3) is 0.810. The minimum atomic E-state index is 0.501. The Labute approximate surface area is 131 Å². The Morgan fingerprint density at radius 1 is 1.05 bits per heavy atom. The molecule has 0 aliphatic heterocycles. The Morgan fingerprint density at radius 2 is 1.90 bits per heavy atom. The van der Waals surface area contributed by atoms with E-state index >= 15 is 0 Å². The van der Waals surface area contributed by atoms with Gasteiger partial charge in [-0.1, -0.05) is 50.0 Å². The van der Waals surface area contributed by atoms with E-state index in [4.69, 9.17) is 0 Å². The zero-order valence-corrected chi connectivity index (χ0v) is 14.3. The molecule has 0 saturated heterocycles. The van der Waals surface area contributed by atoms with Crippen molar-refractivity contribution in [2.45, 2.75) is 78.6 Å². The van der Waals surface area contributed by atoms with Crippen LogP contribution < -0.4 is 0 Å². The van der Waals surface area contributed by atoms with Crippen molar-refractivity contribution in [3.8, 4) is 0 Å². The van der Waals surface area contributed by atoms with Gasteiger partial charge >= 0.3 is 0 Å². The molecule has 0 N–H and O–H groups in total. The van der Waals surface area contributed by atoms with Crippen LogP contribution in [-0.2, 0) is 0 Å². The second-order valence-corrected chi connectivity index (χ2v) is 8.78. The van der Waals surface area contributed by atoms with Crippen LogP contribution in [0.25, 0.3) is 0 Å². The number of rotatable bonds is 0. The molecule has 3 saturated carbocycles. The van der Waals surface area contributed by atoms with Crippen molar-refractivity contribution in [1.82, 2.24) is 0 Å². The summed E-state index contributed by atoms with van der Waals surface area (Å²) in [6.07, 6.45) is 18.3. The lowest BCUT2D eigenvalue weighted by Crippen LogP contribution is -2.46. The van der Waals surface area contributed by atoms with Crippen LogP contribution >= 0.6 is 0 Å². The van der Waals surface area contributed by atoms with E-state index in [1.807, 2.05) is 5.57 Å². The van der Waals surface area contributed by atoms with E-state index in [9.17, 15) is 0 Å². The van der Waals surface area contributed by atoms with Gasteiger partial charge in [0, 0.05) is 0 Å². The summed E-state index contributed by atoms with van der Waals surface area (Å²) in [4.78, 5) is 0. The third-order valence-corrected chi connectivity index (χ3v) is 8.14. The first kappa shape index (κ1) is 14.1. The van der Waals surface area contributed by atoms with E-state index in [2.05, 4.69) is 32.9 Å². The van der Waals surface area contributed by atoms with Crippen molar-refractivity contribution in [2.75, 3.05) is 0 Å². The molecule has 0 nitrogen and oxygen atoms in total. The Kier molecular flexibility index (Phi) is 3.18. The van der Waals surface area contributed by atoms with Crippen molar-refractivity contribution in [3.05, 3.63) is 23.3 Å². The lowest BCUT2D eigenvalue weighted by Gasteiger charge is -2.55. The van der Waals surface area contributed by atoms with Crippen LogP contribution in [0, 0.1) is 28.6 Å². The summed E-state index contributed by atoms with van der Waals surface area (Å²) in [5.41, 5.74) is 4.75. The summed E-state index contributed by atoms with van der Waals surface area (Å²) in [7, 11) is 0. The van der Waals surface area contributed by atoms with Crippen molar-refractivity contribution in [1.29, 1.82) is 0 Å². The first-order valence-electron chi connectivity index (χ1n) is 9.46. The molecular weight excluding hydrogens is 252 g/mol. The molecule has 0 aromatic carbocycles. The third kappa shape index (κ3) is 1.80. The summed E-state index contributed by atoms with van der Waals surface area (Å²) < 4.78 is 0. The predicted octanol–water partition coefficient (Wildman–Crippen LogP) is 6.29. The minimum Gasteiger partial charge on any atom is -0.0879 e. The van der Waals surface area contributed by atoms with Gasteiger partial charge < -0.3 is 0 Å². The summed E-state index contributed by atoms with van der Waals surface area (Å²) in [5.74, 6) is 2.87. The molecule has 4 rings (SSSR count). The fourth-order valence-corrected chi connectivity index (χ4v) is 6.89. The molecule has 0 spiro atoms. The molecule has 3 fully saturated rings. The van der Waals surface area contributed by atoms with Crippen LogP contribution in [0.15, 0.2) is 23.3 Å². The van der Waals surface area contributed by atoms with Gasteiger partial charge in [0.05, 0.1) is 0 Å². The Balaban J connectivity index is 1.73. The van der Waals surface area contributed by atoms with Crippen molar-refractivity contribution in [3.63, 3.8) is 0 Å². The van der Waals surface area contributed by atoms with E-state index < -0.39 is 0 Å². The average Bonchev–Trinajstić information content (AvgIpc) is 2.83. The monoisotopic (exact) mass is 284 g/mol. The van der Waals surface area contributed by atoms with Crippen LogP contribution in [0.3, 0.4) is 0 Å². The maximum Gasteiger partial charge on any atom is -0.00479 e. The molecule has 0 aromatic rings. The highest BCUT2D eigenvalue weighted by atomic mass is 14.6. The van der Waals surface area contributed by atoms with Gasteiger partial charge in [0.2, 0.25) is 0 Å². The van der Waals surface area contributed by atoms with Crippen LogP contribution in [0.4, 0.5) is 0 Å². The SMILES string of the molecule is C/C=C1/CCC2C3CCC4CCCCC4(C)C3=CCC12C. The minimum absolute atomic E-state index is 0.501.